The number of benzene rings is 2. The topological polar surface area (TPSA) is 92.6 Å². The zero-order valence-corrected chi connectivity index (χ0v) is 13.9. The number of amides is 2. The molecule has 1 fully saturated rings. The molecule has 0 saturated carbocycles. The molecule has 1 N–H and O–H groups in total. The third kappa shape index (κ3) is 3.08. The normalized spacial score (nSPS) is 17.0. The van der Waals surface area contributed by atoms with Crippen LogP contribution in [0.4, 0.5) is 17.1 Å². The Bertz CT molecular complexity index is 858. The number of rotatable bonds is 4. The van der Waals surface area contributed by atoms with Crippen LogP contribution in [0.3, 0.4) is 0 Å². The molecule has 0 unspecified atom stereocenters. The molecule has 25 heavy (non-hydrogen) atoms. The minimum absolute atomic E-state index is 0.00923. The molecule has 1 saturated heterocycles. The lowest BCUT2D eigenvalue weighted by atomic mass is 10.1. The van der Waals surface area contributed by atoms with Crippen LogP contribution in [0.15, 0.2) is 42.5 Å². The first kappa shape index (κ1) is 16.6. The highest BCUT2D eigenvalue weighted by atomic mass is 16.6. The van der Waals surface area contributed by atoms with E-state index in [2.05, 4.69) is 5.32 Å². The SMILES string of the molecule is Cc1cccc(C)c1N1C(=O)C[C@@H](Nc2cccc([N+](=O)[O-])c2)C1=O. The molecule has 7 nitrogen and oxygen atoms in total. The van der Waals surface area contributed by atoms with Crippen LogP contribution in [-0.4, -0.2) is 22.8 Å². The highest BCUT2D eigenvalue weighted by Crippen LogP contribution is 2.31. The van der Waals surface area contributed by atoms with E-state index < -0.39 is 11.0 Å². The fourth-order valence-electron chi connectivity index (χ4n) is 3.05. The van der Waals surface area contributed by atoms with Gasteiger partial charge in [-0.3, -0.25) is 19.7 Å². The van der Waals surface area contributed by atoms with Gasteiger partial charge in [0, 0.05) is 17.8 Å². The second-order valence-corrected chi connectivity index (χ2v) is 6.02. The Morgan fingerprint density at radius 2 is 1.76 bits per heavy atom. The highest BCUT2D eigenvalue weighted by Gasteiger charge is 2.40. The van der Waals surface area contributed by atoms with E-state index in [1.54, 1.807) is 6.07 Å². The molecule has 0 aromatic heterocycles. The van der Waals surface area contributed by atoms with Crippen molar-refractivity contribution < 1.29 is 14.5 Å². The fraction of sp³-hybridized carbons (Fsp3) is 0.222. The van der Waals surface area contributed by atoms with Crippen LogP contribution in [0.2, 0.25) is 0 Å². The highest BCUT2D eigenvalue weighted by molar-refractivity contribution is 6.23. The number of aryl methyl sites for hydroxylation is 2. The van der Waals surface area contributed by atoms with Gasteiger partial charge in [-0.25, -0.2) is 4.90 Å². The molecule has 128 valence electrons. The number of nitro groups is 1. The average molecular weight is 339 g/mol. The second kappa shape index (κ2) is 6.35. The van der Waals surface area contributed by atoms with Crippen LogP contribution >= 0.6 is 0 Å². The van der Waals surface area contributed by atoms with E-state index in [0.29, 0.717) is 11.4 Å². The van der Waals surface area contributed by atoms with Gasteiger partial charge in [0.25, 0.3) is 11.6 Å². The van der Waals surface area contributed by atoms with Crippen molar-refractivity contribution in [3.8, 4) is 0 Å². The molecular weight excluding hydrogens is 322 g/mol. The van der Waals surface area contributed by atoms with Crippen molar-refractivity contribution >= 4 is 28.9 Å². The molecule has 3 rings (SSSR count). The first-order valence-corrected chi connectivity index (χ1v) is 7.82. The van der Waals surface area contributed by atoms with Crippen LogP contribution in [-0.2, 0) is 9.59 Å². The van der Waals surface area contributed by atoms with Gasteiger partial charge < -0.3 is 5.32 Å². The lowest BCUT2D eigenvalue weighted by molar-refractivity contribution is -0.384. The Labute approximate surface area is 144 Å². The van der Waals surface area contributed by atoms with Crippen molar-refractivity contribution in [1.29, 1.82) is 0 Å². The molecule has 0 aliphatic carbocycles. The van der Waals surface area contributed by atoms with Crippen LogP contribution in [0, 0.1) is 24.0 Å². The number of nitrogens with zero attached hydrogens (tertiary/aromatic N) is 2. The zero-order chi connectivity index (χ0) is 18.1. The summed E-state index contributed by atoms with van der Waals surface area (Å²) in [6.45, 7) is 3.70. The number of imide groups is 1. The van der Waals surface area contributed by atoms with Crippen molar-refractivity contribution in [2.24, 2.45) is 0 Å². The Hall–Kier alpha value is -3.22. The number of hydrogen-bond donors (Lipinski definition) is 1. The van der Waals surface area contributed by atoms with Gasteiger partial charge in [0.1, 0.15) is 6.04 Å². The van der Waals surface area contributed by atoms with Crippen LogP contribution in [0.25, 0.3) is 0 Å². The van der Waals surface area contributed by atoms with E-state index in [1.807, 2.05) is 32.0 Å². The van der Waals surface area contributed by atoms with Crippen LogP contribution in [0.1, 0.15) is 17.5 Å². The summed E-state index contributed by atoms with van der Waals surface area (Å²) in [5, 5.41) is 13.8. The van der Waals surface area contributed by atoms with E-state index in [9.17, 15) is 19.7 Å². The van der Waals surface area contributed by atoms with Gasteiger partial charge in [0.15, 0.2) is 0 Å². The van der Waals surface area contributed by atoms with Gasteiger partial charge in [-0.1, -0.05) is 24.3 Å². The van der Waals surface area contributed by atoms with Crippen molar-refractivity contribution in [3.63, 3.8) is 0 Å². The number of non-ortho nitro benzene ring substituents is 1. The van der Waals surface area contributed by atoms with Gasteiger partial charge >= 0.3 is 0 Å². The summed E-state index contributed by atoms with van der Waals surface area (Å²) in [6.07, 6.45) is 0.00923. The number of hydrogen-bond acceptors (Lipinski definition) is 5. The molecule has 2 aromatic rings. The lowest BCUT2D eigenvalue weighted by Gasteiger charge is -2.20. The minimum Gasteiger partial charge on any atom is -0.373 e. The number of nitrogens with one attached hydrogen (secondary N) is 1. The molecule has 1 atom stereocenters. The lowest BCUT2D eigenvalue weighted by Crippen LogP contribution is -2.35. The van der Waals surface area contributed by atoms with E-state index in [-0.39, 0.29) is 23.9 Å². The largest absolute Gasteiger partial charge is 0.373 e. The predicted molar refractivity (Wildman–Crippen MR) is 93.5 cm³/mol. The summed E-state index contributed by atoms with van der Waals surface area (Å²) in [7, 11) is 0. The first-order chi connectivity index (χ1) is 11.9. The van der Waals surface area contributed by atoms with Gasteiger partial charge in [-0.2, -0.15) is 0 Å². The molecule has 2 amide bonds. The average Bonchev–Trinajstić information content (AvgIpc) is 2.82. The van der Waals surface area contributed by atoms with Gasteiger partial charge in [0.05, 0.1) is 17.0 Å². The third-order valence-corrected chi connectivity index (χ3v) is 4.21. The molecule has 2 aromatic carbocycles. The van der Waals surface area contributed by atoms with Crippen molar-refractivity contribution in [2.45, 2.75) is 26.3 Å². The van der Waals surface area contributed by atoms with Crippen molar-refractivity contribution in [3.05, 3.63) is 63.7 Å². The van der Waals surface area contributed by atoms with Crippen LogP contribution in [0.5, 0.6) is 0 Å². The van der Waals surface area contributed by atoms with Crippen LogP contribution < -0.4 is 10.2 Å². The molecule has 0 bridgehead atoms. The number of nitro benzene ring substituents is 1. The standard InChI is InChI=1S/C18H17N3O4/c1-11-5-3-6-12(2)17(11)20-16(22)10-15(18(20)23)19-13-7-4-8-14(9-13)21(24)25/h3-9,15,19H,10H2,1-2H3/t15-/m1/s1. The Balaban J connectivity index is 1.87. The molecular formula is C18H17N3O4. The number of carbonyl (C=O) groups is 2. The van der Waals surface area contributed by atoms with Gasteiger partial charge in [-0.15, -0.1) is 0 Å². The summed E-state index contributed by atoms with van der Waals surface area (Å²) < 4.78 is 0. The minimum atomic E-state index is -0.742. The predicted octanol–water partition coefficient (Wildman–Crippen LogP) is 2.96. The van der Waals surface area contributed by atoms with E-state index in [4.69, 9.17) is 0 Å². The summed E-state index contributed by atoms with van der Waals surface area (Å²) in [5.74, 6) is -0.640. The maximum atomic E-state index is 12.8. The first-order valence-electron chi connectivity index (χ1n) is 7.82. The number of anilines is 2. The van der Waals surface area contributed by atoms with Crippen molar-refractivity contribution in [2.75, 3.05) is 10.2 Å². The molecule has 1 aliphatic rings. The smallest absolute Gasteiger partial charge is 0.271 e. The Kier molecular flexibility index (Phi) is 4.22. The number of para-hydroxylation sites is 1. The molecule has 0 spiro atoms. The second-order valence-electron chi connectivity index (χ2n) is 6.02. The van der Waals surface area contributed by atoms with E-state index >= 15 is 0 Å². The summed E-state index contributed by atoms with van der Waals surface area (Å²) in [6, 6.07) is 10.7. The Morgan fingerprint density at radius 3 is 2.40 bits per heavy atom. The fourth-order valence-corrected chi connectivity index (χ4v) is 3.05. The third-order valence-electron chi connectivity index (χ3n) is 4.21. The van der Waals surface area contributed by atoms with E-state index in [1.165, 1.54) is 23.1 Å². The maximum Gasteiger partial charge on any atom is 0.271 e. The molecule has 1 heterocycles. The zero-order valence-electron chi connectivity index (χ0n) is 13.9. The van der Waals surface area contributed by atoms with Crippen molar-refractivity contribution in [1.82, 2.24) is 0 Å². The quantitative estimate of drug-likeness (QED) is 0.525. The maximum absolute atomic E-state index is 12.8. The Morgan fingerprint density at radius 1 is 1.12 bits per heavy atom. The molecule has 7 heteroatoms. The molecule has 1 aliphatic heterocycles. The summed E-state index contributed by atoms with van der Waals surface area (Å²) in [4.78, 5) is 36.7. The number of carbonyl (C=O) groups excluding carboxylic acids is 2. The summed E-state index contributed by atoms with van der Waals surface area (Å²) in [5.41, 5.74) is 2.66. The van der Waals surface area contributed by atoms with Gasteiger partial charge in [0.2, 0.25) is 5.91 Å². The summed E-state index contributed by atoms with van der Waals surface area (Å²) >= 11 is 0. The van der Waals surface area contributed by atoms with Gasteiger partial charge in [-0.05, 0) is 31.0 Å². The van der Waals surface area contributed by atoms with E-state index in [0.717, 1.165) is 11.1 Å². The molecule has 0 radical (unpaired) electrons. The monoisotopic (exact) mass is 339 g/mol.